The van der Waals surface area contributed by atoms with Gasteiger partial charge in [-0.2, -0.15) is 4.31 Å². The number of carbonyl (C=O) groups is 1. The van der Waals surface area contributed by atoms with Crippen molar-refractivity contribution >= 4 is 21.6 Å². The predicted molar refractivity (Wildman–Crippen MR) is 117 cm³/mol. The summed E-state index contributed by atoms with van der Waals surface area (Å²) in [6.45, 7) is 5.10. The van der Waals surface area contributed by atoms with Gasteiger partial charge in [0.2, 0.25) is 10.0 Å². The standard InChI is InChI=1S/C22H27N5O3S/c1-16(2)20(21-25-24-19-8-4-7-15-27(19)21)23-22(28)17-9-11-18(12-10-17)31(29,30)26-13-5-3-6-14-26/h4,7-12,15-16,20H,3,5-6,13-14H2,1-2H3,(H,23,28)/t20-/m0/s1. The molecule has 1 atom stereocenters. The third-order valence-electron chi connectivity index (χ3n) is 5.64. The number of piperidine rings is 1. The zero-order valence-electron chi connectivity index (χ0n) is 17.7. The number of fused-ring (bicyclic) bond motifs is 1. The number of sulfonamides is 1. The highest BCUT2D eigenvalue weighted by atomic mass is 32.2. The molecule has 0 saturated carbocycles. The quantitative estimate of drug-likeness (QED) is 0.634. The summed E-state index contributed by atoms with van der Waals surface area (Å²) in [4.78, 5) is 13.1. The Balaban J connectivity index is 1.53. The smallest absolute Gasteiger partial charge is 0.251 e. The molecule has 1 aliphatic rings. The minimum absolute atomic E-state index is 0.0790. The molecule has 164 valence electrons. The van der Waals surface area contributed by atoms with Crippen LogP contribution in [0.1, 0.15) is 55.3 Å². The molecule has 3 aromatic rings. The number of pyridine rings is 1. The SMILES string of the molecule is CC(C)[C@H](NC(=O)c1ccc(S(=O)(=O)N2CCCCC2)cc1)c1nnc2ccccn12. The van der Waals surface area contributed by atoms with E-state index in [2.05, 4.69) is 15.5 Å². The van der Waals surface area contributed by atoms with E-state index in [0.717, 1.165) is 19.3 Å². The second kappa shape index (κ2) is 8.76. The molecule has 9 heteroatoms. The molecule has 1 amide bonds. The fourth-order valence-electron chi connectivity index (χ4n) is 3.86. The number of hydrogen-bond donors (Lipinski definition) is 1. The van der Waals surface area contributed by atoms with Crippen molar-refractivity contribution in [1.82, 2.24) is 24.2 Å². The largest absolute Gasteiger partial charge is 0.342 e. The van der Waals surface area contributed by atoms with Crippen molar-refractivity contribution in [3.63, 3.8) is 0 Å². The van der Waals surface area contributed by atoms with Gasteiger partial charge in [0.25, 0.3) is 5.91 Å². The zero-order valence-corrected chi connectivity index (χ0v) is 18.5. The molecule has 0 unspecified atom stereocenters. The Kier molecular flexibility index (Phi) is 6.06. The van der Waals surface area contributed by atoms with Crippen molar-refractivity contribution in [1.29, 1.82) is 0 Å². The van der Waals surface area contributed by atoms with E-state index in [1.54, 1.807) is 12.1 Å². The summed E-state index contributed by atoms with van der Waals surface area (Å²) in [5, 5.41) is 11.5. The summed E-state index contributed by atoms with van der Waals surface area (Å²) in [7, 11) is -3.52. The number of amides is 1. The molecule has 2 aromatic heterocycles. The van der Waals surface area contributed by atoms with Crippen LogP contribution >= 0.6 is 0 Å². The fourth-order valence-corrected chi connectivity index (χ4v) is 5.38. The average Bonchev–Trinajstić information content (AvgIpc) is 3.21. The second-order valence-electron chi connectivity index (χ2n) is 8.17. The third kappa shape index (κ3) is 4.33. The lowest BCUT2D eigenvalue weighted by atomic mass is 10.0. The third-order valence-corrected chi connectivity index (χ3v) is 7.55. The van der Waals surface area contributed by atoms with Crippen LogP contribution in [0.5, 0.6) is 0 Å². The first kappa shape index (κ1) is 21.5. The normalized spacial score (nSPS) is 16.5. The van der Waals surface area contributed by atoms with E-state index in [-0.39, 0.29) is 22.8 Å². The lowest BCUT2D eigenvalue weighted by molar-refractivity contribution is 0.0922. The van der Waals surface area contributed by atoms with E-state index in [9.17, 15) is 13.2 Å². The molecular formula is C22H27N5O3S. The van der Waals surface area contributed by atoms with Crippen molar-refractivity contribution in [2.75, 3.05) is 13.1 Å². The predicted octanol–water partition coefficient (Wildman–Crippen LogP) is 3.03. The van der Waals surface area contributed by atoms with E-state index < -0.39 is 10.0 Å². The van der Waals surface area contributed by atoms with Crippen LogP contribution in [0.3, 0.4) is 0 Å². The Hall–Kier alpha value is -2.78. The topological polar surface area (TPSA) is 96.7 Å². The summed E-state index contributed by atoms with van der Waals surface area (Å²) in [6, 6.07) is 11.4. The van der Waals surface area contributed by atoms with Crippen LogP contribution in [0.15, 0.2) is 53.6 Å². The Morgan fingerprint density at radius 3 is 2.39 bits per heavy atom. The molecule has 1 N–H and O–H groups in total. The van der Waals surface area contributed by atoms with Gasteiger partial charge in [-0.1, -0.05) is 26.3 Å². The minimum atomic E-state index is -3.52. The fraction of sp³-hybridized carbons (Fsp3) is 0.409. The average molecular weight is 442 g/mol. The van der Waals surface area contributed by atoms with Gasteiger partial charge in [-0.15, -0.1) is 10.2 Å². The van der Waals surface area contributed by atoms with Gasteiger partial charge in [-0.05, 0) is 55.2 Å². The molecule has 0 spiro atoms. The van der Waals surface area contributed by atoms with E-state index in [1.807, 2.05) is 42.6 Å². The molecular weight excluding hydrogens is 414 g/mol. The summed E-state index contributed by atoms with van der Waals surface area (Å²) in [5.41, 5.74) is 1.11. The van der Waals surface area contributed by atoms with Gasteiger partial charge in [0.15, 0.2) is 11.5 Å². The molecule has 31 heavy (non-hydrogen) atoms. The van der Waals surface area contributed by atoms with Gasteiger partial charge in [-0.3, -0.25) is 9.20 Å². The number of nitrogens with zero attached hydrogens (tertiary/aromatic N) is 4. The second-order valence-corrected chi connectivity index (χ2v) is 10.1. The Morgan fingerprint density at radius 2 is 1.71 bits per heavy atom. The molecule has 3 heterocycles. The summed E-state index contributed by atoms with van der Waals surface area (Å²) < 4.78 is 29.0. The minimum Gasteiger partial charge on any atom is -0.342 e. The van der Waals surface area contributed by atoms with Gasteiger partial charge in [0, 0.05) is 24.8 Å². The first-order valence-corrected chi connectivity index (χ1v) is 12.0. The van der Waals surface area contributed by atoms with Crippen LogP contribution in [-0.4, -0.2) is 46.3 Å². The Bertz CT molecular complexity index is 1170. The van der Waals surface area contributed by atoms with Crippen molar-refractivity contribution < 1.29 is 13.2 Å². The van der Waals surface area contributed by atoms with Gasteiger partial charge in [0.1, 0.15) is 0 Å². The van der Waals surface area contributed by atoms with Crippen LogP contribution in [0.2, 0.25) is 0 Å². The van der Waals surface area contributed by atoms with Gasteiger partial charge < -0.3 is 5.32 Å². The molecule has 0 radical (unpaired) electrons. The summed E-state index contributed by atoms with van der Waals surface area (Å²) in [6.07, 6.45) is 4.69. The van der Waals surface area contributed by atoms with Gasteiger partial charge in [0.05, 0.1) is 10.9 Å². The first-order valence-electron chi connectivity index (χ1n) is 10.6. The first-order chi connectivity index (χ1) is 14.9. The summed E-state index contributed by atoms with van der Waals surface area (Å²) in [5.74, 6) is 0.451. The number of nitrogens with one attached hydrogen (secondary N) is 1. The van der Waals surface area contributed by atoms with Crippen LogP contribution in [0.4, 0.5) is 0 Å². The van der Waals surface area contributed by atoms with Crippen LogP contribution < -0.4 is 5.32 Å². The van der Waals surface area contributed by atoms with Crippen molar-refractivity contribution in [2.24, 2.45) is 5.92 Å². The van der Waals surface area contributed by atoms with Crippen molar-refractivity contribution in [3.05, 3.63) is 60.0 Å². The number of carbonyl (C=O) groups excluding carboxylic acids is 1. The maximum atomic E-state index is 12.9. The van der Waals surface area contributed by atoms with E-state index in [1.165, 1.54) is 16.4 Å². The maximum Gasteiger partial charge on any atom is 0.251 e. The van der Waals surface area contributed by atoms with E-state index in [0.29, 0.717) is 30.1 Å². The molecule has 1 fully saturated rings. The Morgan fingerprint density at radius 1 is 1.00 bits per heavy atom. The number of aromatic nitrogens is 3. The highest BCUT2D eigenvalue weighted by molar-refractivity contribution is 7.89. The van der Waals surface area contributed by atoms with Crippen LogP contribution in [-0.2, 0) is 10.0 Å². The van der Waals surface area contributed by atoms with Crippen molar-refractivity contribution in [2.45, 2.75) is 44.0 Å². The number of rotatable bonds is 6. The van der Waals surface area contributed by atoms with Crippen molar-refractivity contribution in [3.8, 4) is 0 Å². The highest BCUT2D eigenvalue weighted by Gasteiger charge is 2.27. The van der Waals surface area contributed by atoms with E-state index >= 15 is 0 Å². The van der Waals surface area contributed by atoms with Gasteiger partial charge in [-0.25, -0.2) is 8.42 Å². The van der Waals surface area contributed by atoms with Crippen LogP contribution in [0.25, 0.3) is 5.65 Å². The lowest BCUT2D eigenvalue weighted by Gasteiger charge is -2.26. The zero-order chi connectivity index (χ0) is 22.0. The van der Waals surface area contributed by atoms with Gasteiger partial charge >= 0.3 is 0 Å². The molecule has 1 saturated heterocycles. The summed E-state index contributed by atoms with van der Waals surface area (Å²) >= 11 is 0. The molecule has 4 rings (SSSR count). The molecule has 1 aromatic carbocycles. The van der Waals surface area contributed by atoms with Crippen LogP contribution in [0, 0.1) is 5.92 Å². The molecule has 0 aliphatic carbocycles. The Labute approximate surface area is 182 Å². The number of benzene rings is 1. The molecule has 1 aliphatic heterocycles. The monoisotopic (exact) mass is 441 g/mol. The maximum absolute atomic E-state index is 12.9. The molecule has 8 nitrogen and oxygen atoms in total. The van der Waals surface area contributed by atoms with E-state index in [4.69, 9.17) is 0 Å². The molecule has 0 bridgehead atoms. The number of hydrogen-bond acceptors (Lipinski definition) is 5. The highest BCUT2D eigenvalue weighted by Crippen LogP contribution is 2.23. The lowest BCUT2D eigenvalue weighted by Crippen LogP contribution is -2.35.